The molecule has 0 bridgehead atoms. The molecule has 0 fully saturated rings. The first kappa shape index (κ1) is 12.8. The molecule has 94 valence electrons. The Kier molecular flexibility index (Phi) is 4.15. The van der Waals surface area contributed by atoms with Gasteiger partial charge in [-0.15, -0.1) is 0 Å². The molecule has 1 heterocycles. The van der Waals surface area contributed by atoms with Crippen LogP contribution in [0.5, 0.6) is 0 Å². The topological polar surface area (TPSA) is 42.2 Å². The van der Waals surface area contributed by atoms with Crippen LogP contribution in [0.15, 0.2) is 45.5 Å². The maximum atomic E-state index is 13.4. The molecule has 0 aliphatic heterocycles. The monoisotopic (exact) mass is 311 g/mol. The van der Waals surface area contributed by atoms with Gasteiger partial charge >= 0.3 is 0 Å². The molecule has 0 saturated carbocycles. The minimum atomic E-state index is -0.383. The molecule has 1 amide bonds. The van der Waals surface area contributed by atoms with Crippen molar-refractivity contribution in [2.24, 2.45) is 0 Å². The van der Waals surface area contributed by atoms with Crippen molar-refractivity contribution in [1.29, 1.82) is 0 Å². The number of hydrogen-bond acceptors (Lipinski definition) is 2. The first-order chi connectivity index (χ1) is 8.65. The molecule has 0 saturated heterocycles. The second kappa shape index (κ2) is 5.82. The highest BCUT2D eigenvalue weighted by atomic mass is 79.9. The summed E-state index contributed by atoms with van der Waals surface area (Å²) in [6.45, 7) is 0.307. The number of furan rings is 1. The van der Waals surface area contributed by atoms with Crippen LogP contribution in [-0.4, -0.2) is 5.91 Å². The molecule has 3 nitrogen and oxygen atoms in total. The van der Waals surface area contributed by atoms with Gasteiger partial charge in [0.15, 0.2) is 0 Å². The van der Waals surface area contributed by atoms with Crippen LogP contribution in [0.25, 0.3) is 0 Å². The summed E-state index contributed by atoms with van der Waals surface area (Å²) in [5.41, 5.74) is 0.362. The Balaban J connectivity index is 1.92. The third-order valence-corrected chi connectivity index (χ3v) is 2.89. The SMILES string of the molecule is O=C(Cc1cc(Br)ccc1F)NCc1ccco1. The van der Waals surface area contributed by atoms with Crippen molar-refractivity contribution in [3.05, 3.63) is 58.2 Å². The van der Waals surface area contributed by atoms with E-state index in [1.54, 1.807) is 24.3 Å². The summed E-state index contributed by atoms with van der Waals surface area (Å²) in [5, 5.41) is 2.67. The summed E-state index contributed by atoms with van der Waals surface area (Å²) in [5.74, 6) is 0.0350. The molecule has 0 atom stereocenters. The van der Waals surface area contributed by atoms with E-state index in [4.69, 9.17) is 4.42 Å². The Morgan fingerprint density at radius 1 is 1.39 bits per heavy atom. The summed E-state index contributed by atoms with van der Waals surface area (Å²) in [7, 11) is 0. The zero-order valence-electron chi connectivity index (χ0n) is 9.45. The standard InChI is InChI=1S/C13H11BrFNO2/c14-10-3-4-12(15)9(6-10)7-13(17)16-8-11-2-1-5-18-11/h1-6H,7-8H2,(H,16,17). The average molecular weight is 312 g/mol. The zero-order valence-corrected chi connectivity index (χ0v) is 11.0. The molecule has 1 N–H and O–H groups in total. The van der Waals surface area contributed by atoms with E-state index < -0.39 is 0 Å². The van der Waals surface area contributed by atoms with Gasteiger partial charge in [0.25, 0.3) is 0 Å². The first-order valence-electron chi connectivity index (χ1n) is 5.38. The van der Waals surface area contributed by atoms with Gasteiger partial charge in [-0.05, 0) is 35.9 Å². The Hall–Kier alpha value is -1.62. The number of hydrogen-bond donors (Lipinski definition) is 1. The van der Waals surface area contributed by atoms with E-state index >= 15 is 0 Å². The van der Waals surface area contributed by atoms with Gasteiger partial charge in [0.1, 0.15) is 11.6 Å². The lowest BCUT2D eigenvalue weighted by Crippen LogP contribution is -2.24. The molecule has 0 aliphatic carbocycles. The van der Waals surface area contributed by atoms with Crippen LogP contribution in [-0.2, 0) is 17.8 Å². The fraction of sp³-hybridized carbons (Fsp3) is 0.154. The molecule has 0 aliphatic rings. The maximum absolute atomic E-state index is 13.4. The van der Waals surface area contributed by atoms with E-state index in [2.05, 4.69) is 21.2 Å². The number of halogens is 2. The molecule has 1 aromatic carbocycles. The first-order valence-corrected chi connectivity index (χ1v) is 6.17. The second-order valence-electron chi connectivity index (χ2n) is 3.77. The van der Waals surface area contributed by atoms with Gasteiger partial charge < -0.3 is 9.73 Å². The van der Waals surface area contributed by atoms with E-state index in [1.807, 2.05) is 0 Å². The lowest BCUT2D eigenvalue weighted by molar-refractivity contribution is -0.120. The van der Waals surface area contributed by atoms with Crippen LogP contribution in [0.4, 0.5) is 4.39 Å². The quantitative estimate of drug-likeness (QED) is 0.943. The van der Waals surface area contributed by atoms with Gasteiger partial charge in [0.05, 0.1) is 19.2 Å². The van der Waals surface area contributed by atoms with Gasteiger partial charge in [0.2, 0.25) is 5.91 Å². The number of rotatable bonds is 4. The molecule has 2 aromatic rings. The highest BCUT2D eigenvalue weighted by Crippen LogP contribution is 2.16. The van der Waals surface area contributed by atoms with Crippen molar-refractivity contribution in [2.45, 2.75) is 13.0 Å². The average Bonchev–Trinajstić information content (AvgIpc) is 2.84. The van der Waals surface area contributed by atoms with Crippen molar-refractivity contribution in [2.75, 3.05) is 0 Å². The second-order valence-corrected chi connectivity index (χ2v) is 4.68. The smallest absolute Gasteiger partial charge is 0.224 e. The summed E-state index contributed by atoms with van der Waals surface area (Å²) in [4.78, 5) is 11.6. The lowest BCUT2D eigenvalue weighted by atomic mass is 10.1. The maximum Gasteiger partial charge on any atom is 0.224 e. The van der Waals surface area contributed by atoms with E-state index in [9.17, 15) is 9.18 Å². The van der Waals surface area contributed by atoms with E-state index in [1.165, 1.54) is 12.3 Å². The Morgan fingerprint density at radius 2 is 2.22 bits per heavy atom. The van der Waals surface area contributed by atoms with Crippen molar-refractivity contribution < 1.29 is 13.6 Å². The van der Waals surface area contributed by atoms with Crippen molar-refractivity contribution in [3.63, 3.8) is 0 Å². The summed E-state index contributed by atoms with van der Waals surface area (Å²) >= 11 is 3.24. The van der Waals surface area contributed by atoms with Gasteiger partial charge in [-0.3, -0.25) is 4.79 Å². The van der Waals surface area contributed by atoms with Crippen molar-refractivity contribution >= 4 is 21.8 Å². The van der Waals surface area contributed by atoms with Crippen LogP contribution in [0, 0.1) is 5.82 Å². The number of benzene rings is 1. The van der Waals surface area contributed by atoms with Crippen molar-refractivity contribution in [1.82, 2.24) is 5.32 Å². The molecule has 5 heteroatoms. The zero-order chi connectivity index (χ0) is 13.0. The van der Waals surface area contributed by atoms with Crippen LogP contribution >= 0.6 is 15.9 Å². The molecular formula is C13H11BrFNO2. The number of carbonyl (C=O) groups excluding carboxylic acids is 1. The number of amides is 1. The highest BCUT2D eigenvalue weighted by molar-refractivity contribution is 9.10. The van der Waals surface area contributed by atoms with Crippen LogP contribution < -0.4 is 5.32 Å². The van der Waals surface area contributed by atoms with Crippen LogP contribution in [0.1, 0.15) is 11.3 Å². The van der Waals surface area contributed by atoms with Crippen LogP contribution in [0.2, 0.25) is 0 Å². The Labute approximate surface area is 112 Å². The van der Waals surface area contributed by atoms with Gasteiger partial charge in [0, 0.05) is 4.47 Å². The summed E-state index contributed by atoms with van der Waals surface area (Å²) in [6.07, 6.45) is 1.54. The summed E-state index contributed by atoms with van der Waals surface area (Å²) in [6, 6.07) is 8.04. The predicted molar refractivity (Wildman–Crippen MR) is 68.4 cm³/mol. The molecule has 1 aromatic heterocycles. The fourth-order valence-corrected chi connectivity index (χ4v) is 1.92. The van der Waals surface area contributed by atoms with Crippen LogP contribution in [0.3, 0.4) is 0 Å². The largest absolute Gasteiger partial charge is 0.467 e. The Morgan fingerprint density at radius 3 is 2.94 bits per heavy atom. The van der Waals surface area contributed by atoms with Crippen molar-refractivity contribution in [3.8, 4) is 0 Å². The Bertz CT molecular complexity index is 540. The summed E-state index contributed by atoms with van der Waals surface area (Å²) < 4.78 is 19.3. The van der Waals surface area contributed by atoms with Gasteiger partial charge in [-0.25, -0.2) is 4.39 Å². The minimum Gasteiger partial charge on any atom is -0.467 e. The fourth-order valence-electron chi connectivity index (χ4n) is 1.51. The van der Waals surface area contributed by atoms with E-state index in [0.29, 0.717) is 17.9 Å². The highest BCUT2D eigenvalue weighted by Gasteiger charge is 2.09. The third-order valence-electron chi connectivity index (χ3n) is 2.40. The molecule has 2 rings (SSSR count). The van der Waals surface area contributed by atoms with E-state index in [-0.39, 0.29) is 18.1 Å². The minimum absolute atomic E-state index is 0.00593. The predicted octanol–water partition coefficient (Wildman–Crippen LogP) is 3.04. The number of carbonyl (C=O) groups is 1. The molecule has 0 spiro atoms. The van der Waals surface area contributed by atoms with Gasteiger partial charge in [-0.2, -0.15) is 0 Å². The molecular weight excluding hydrogens is 301 g/mol. The molecule has 18 heavy (non-hydrogen) atoms. The normalized spacial score (nSPS) is 10.3. The van der Waals surface area contributed by atoms with Gasteiger partial charge in [-0.1, -0.05) is 15.9 Å². The molecule has 0 radical (unpaired) electrons. The lowest BCUT2D eigenvalue weighted by Gasteiger charge is -2.05. The third kappa shape index (κ3) is 3.43. The molecule has 0 unspecified atom stereocenters. The number of nitrogens with one attached hydrogen (secondary N) is 1. The van der Waals surface area contributed by atoms with E-state index in [0.717, 1.165) is 4.47 Å².